The highest BCUT2D eigenvalue weighted by molar-refractivity contribution is 7.89. The number of hydrogen-bond donors (Lipinski definition) is 2. The molecule has 28 heavy (non-hydrogen) atoms. The van der Waals surface area contributed by atoms with Gasteiger partial charge in [0.25, 0.3) is 0 Å². The molecule has 1 aromatic carbocycles. The number of pyridine rings is 1. The third-order valence-electron chi connectivity index (χ3n) is 5.08. The number of aromatic nitrogens is 1. The number of fused-ring (bicyclic) bond motifs is 1. The van der Waals surface area contributed by atoms with E-state index in [-0.39, 0.29) is 16.4 Å². The molecule has 2 N–H and O–H groups in total. The summed E-state index contributed by atoms with van der Waals surface area (Å²) in [6, 6.07) is 6.48. The summed E-state index contributed by atoms with van der Waals surface area (Å²) in [4.78, 5) is 15.3. The minimum Gasteiger partial charge on any atom is -0.490 e. The van der Waals surface area contributed by atoms with Crippen LogP contribution in [0.5, 0.6) is 5.75 Å². The fourth-order valence-corrected chi connectivity index (χ4v) is 5.22. The van der Waals surface area contributed by atoms with E-state index in [0.29, 0.717) is 44.1 Å². The molecule has 2 aliphatic rings. The SMILES string of the molecule is O=C(O)c1cncc(CC2CCN(S(=O)(=O)c3ccc4c(c3)NCCO4)C2)c1. The van der Waals surface area contributed by atoms with Crippen LogP contribution < -0.4 is 10.1 Å². The summed E-state index contributed by atoms with van der Waals surface area (Å²) < 4.78 is 33.1. The molecule has 8 nitrogen and oxygen atoms in total. The fraction of sp³-hybridized carbons (Fsp3) is 0.368. The van der Waals surface area contributed by atoms with Crippen molar-refractivity contribution in [3.8, 4) is 5.75 Å². The van der Waals surface area contributed by atoms with Crippen molar-refractivity contribution in [2.45, 2.75) is 17.7 Å². The number of rotatable bonds is 5. The van der Waals surface area contributed by atoms with Gasteiger partial charge in [-0.25, -0.2) is 13.2 Å². The van der Waals surface area contributed by atoms with Crippen molar-refractivity contribution in [3.05, 3.63) is 47.8 Å². The Hall–Kier alpha value is -2.65. The van der Waals surface area contributed by atoms with E-state index in [1.807, 2.05) is 0 Å². The average Bonchev–Trinajstić information content (AvgIpc) is 3.17. The molecule has 3 heterocycles. The van der Waals surface area contributed by atoms with E-state index in [2.05, 4.69) is 10.3 Å². The van der Waals surface area contributed by atoms with Crippen molar-refractivity contribution >= 4 is 21.7 Å². The Kier molecular flexibility index (Phi) is 4.94. The van der Waals surface area contributed by atoms with Crippen molar-refractivity contribution in [2.24, 2.45) is 5.92 Å². The number of hydrogen-bond acceptors (Lipinski definition) is 6. The zero-order valence-corrected chi connectivity index (χ0v) is 16.0. The molecule has 4 rings (SSSR count). The van der Waals surface area contributed by atoms with Crippen LogP contribution in [0.1, 0.15) is 22.3 Å². The van der Waals surface area contributed by atoms with Gasteiger partial charge in [-0.05, 0) is 48.6 Å². The first-order valence-electron chi connectivity index (χ1n) is 9.11. The summed E-state index contributed by atoms with van der Waals surface area (Å²) in [6.07, 6.45) is 4.27. The van der Waals surface area contributed by atoms with Crippen LogP contribution in [0.3, 0.4) is 0 Å². The Morgan fingerprint density at radius 3 is 3.00 bits per heavy atom. The zero-order chi connectivity index (χ0) is 19.7. The molecular formula is C19H21N3O5S. The fourth-order valence-electron chi connectivity index (χ4n) is 3.66. The number of nitrogens with zero attached hydrogens (tertiary/aromatic N) is 2. The van der Waals surface area contributed by atoms with Gasteiger partial charge in [-0.1, -0.05) is 0 Å². The third-order valence-corrected chi connectivity index (χ3v) is 6.94. The standard InChI is InChI=1S/C19H21N3O5S/c23-19(24)15-8-14(10-20-11-15)7-13-3-5-22(12-13)28(25,26)16-1-2-18-17(9-16)21-4-6-27-18/h1-2,8-11,13,21H,3-7,12H2,(H,23,24). The molecule has 148 valence electrons. The second-order valence-corrected chi connectivity index (χ2v) is 8.98. The molecule has 1 atom stereocenters. The number of carboxylic acid groups (broad SMARTS) is 1. The quantitative estimate of drug-likeness (QED) is 0.784. The summed E-state index contributed by atoms with van der Waals surface area (Å²) >= 11 is 0. The van der Waals surface area contributed by atoms with E-state index < -0.39 is 16.0 Å². The maximum Gasteiger partial charge on any atom is 0.337 e. The van der Waals surface area contributed by atoms with Crippen LogP contribution in [0.15, 0.2) is 41.6 Å². The van der Waals surface area contributed by atoms with Crippen LogP contribution in [0.4, 0.5) is 5.69 Å². The highest BCUT2D eigenvalue weighted by Gasteiger charge is 2.33. The molecule has 0 amide bonds. The lowest BCUT2D eigenvalue weighted by Gasteiger charge is -2.21. The van der Waals surface area contributed by atoms with Gasteiger partial charge in [0.15, 0.2) is 0 Å². The summed E-state index contributed by atoms with van der Waals surface area (Å²) in [5, 5.41) is 12.2. The second kappa shape index (κ2) is 7.40. The van der Waals surface area contributed by atoms with Crippen LogP contribution >= 0.6 is 0 Å². The van der Waals surface area contributed by atoms with Crippen molar-refractivity contribution in [1.82, 2.24) is 9.29 Å². The van der Waals surface area contributed by atoms with Gasteiger partial charge in [-0.3, -0.25) is 4.98 Å². The van der Waals surface area contributed by atoms with Gasteiger partial charge in [-0.2, -0.15) is 4.31 Å². The molecule has 1 fully saturated rings. The largest absolute Gasteiger partial charge is 0.490 e. The van der Waals surface area contributed by atoms with E-state index in [1.165, 1.54) is 10.5 Å². The lowest BCUT2D eigenvalue weighted by atomic mass is 9.99. The van der Waals surface area contributed by atoms with Gasteiger partial charge in [0.1, 0.15) is 12.4 Å². The normalized spacial score (nSPS) is 19.5. The lowest BCUT2D eigenvalue weighted by Crippen LogP contribution is -2.29. The highest BCUT2D eigenvalue weighted by atomic mass is 32.2. The molecule has 0 radical (unpaired) electrons. The van der Waals surface area contributed by atoms with E-state index >= 15 is 0 Å². The first-order chi connectivity index (χ1) is 13.4. The molecule has 0 aliphatic carbocycles. The summed E-state index contributed by atoms with van der Waals surface area (Å²) in [5.41, 5.74) is 1.64. The molecule has 0 saturated carbocycles. The predicted octanol–water partition coefficient (Wildman–Crippen LogP) is 1.84. The number of nitrogens with one attached hydrogen (secondary N) is 1. The van der Waals surface area contributed by atoms with Crippen molar-refractivity contribution in [2.75, 3.05) is 31.6 Å². The first kappa shape index (κ1) is 18.7. The molecular weight excluding hydrogens is 382 g/mol. The van der Waals surface area contributed by atoms with Crippen LogP contribution in [0, 0.1) is 5.92 Å². The topological polar surface area (TPSA) is 109 Å². The number of sulfonamides is 1. The minimum atomic E-state index is -3.59. The monoisotopic (exact) mass is 403 g/mol. The minimum absolute atomic E-state index is 0.125. The average molecular weight is 403 g/mol. The molecule has 1 aromatic heterocycles. The Bertz CT molecular complexity index is 1010. The maximum absolute atomic E-state index is 13.0. The highest BCUT2D eigenvalue weighted by Crippen LogP contribution is 2.32. The smallest absolute Gasteiger partial charge is 0.337 e. The van der Waals surface area contributed by atoms with Crippen molar-refractivity contribution < 1.29 is 23.1 Å². The van der Waals surface area contributed by atoms with E-state index in [0.717, 1.165) is 12.0 Å². The lowest BCUT2D eigenvalue weighted by molar-refractivity contribution is 0.0696. The van der Waals surface area contributed by atoms with Gasteiger partial charge in [0.2, 0.25) is 10.0 Å². The number of ether oxygens (including phenoxy) is 1. The Labute approximate surface area is 163 Å². The van der Waals surface area contributed by atoms with E-state index in [9.17, 15) is 13.2 Å². The summed E-state index contributed by atoms with van der Waals surface area (Å²) in [5.74, 6) is -0.231. The van der Waals surface area contributed by atoms with Crippen LogP contribution in [0.2, 0.25) is 0 Å². The number of carboxylic acids is 1. The van der Waals surface area contributed by atoms with E-state index in [1.54, 1.807) is 30.5 Å². The Balaban J connectivity index is 1.47. The summed E-state index contributed by atoms with van der Waals surface area (Å²) in [7, 11) is -3.59. The molecule has 0 bridgehead atoms. The number of anilines is 1. The van der Waals surface area contributed by atoms with Gasteiger partial charge in [0, 0.05) is 32.0 Å². The van der Waals surface area contributed by atoms with Crippen LogP contribution in [0.25, 0.3) is 0 Å². The molecule has 1 unspecified atom stereocenters. The van der Waals surface area contributed by atoms with Gasteiger partial charge >= 0.3 is 5.97 Å². The molecule has 1 saturated heterocycles. The summed E-state index contributed by atoms with van der Waals surface area (Å²) in [6.45, 7) is 2.05. The Morgan fingerprint density at radius 1 is 1.32 bits per heavy atom. The molecule has 0 spiro atoms. The third kappa shape index (κ3) is 3.67. The zero-order valence-electron chi connectivity index (χ0n) is 15.2. The molecule has 2 aliphatic heterocycles. The predicted molar refractivity (Wildman–Crippen MR) is 102 cm³/mol. The molecule has 2 aromatic rings. The van der Waals surface area contributed by atoms with Crippen molar-refractivity contribution in [1.29, 1.82) is 0 Å². The van der Waals surface area contributed by atoms with Gasteiger partial charge in [0.05, 0.1) is 16.1 Å². The second-order valence-electron chi connectivity index (χ2n) is 7.04. The number of carbonyl (C=O) groups is 1. The Morgan fingerprint density at radius 2 is 2.18 bits per heavy atom. The molecule has 9 heteroatoms. The van der Waals surface area contributed by atoms with Crippen molar-refractivity contribution in [3.63, 3.8) is 0 Å². The van der Waals surface area contributed by atoms with Crippen LogP contribution in [-0.2, 0) is 16.4 Å². The first-order valence-corrected chi connectivity index (χ1v) is 10.6. The van der Waals surface area contributed by atoms with Gasteiger partial charge in [-0.15, -0.1) is 0 Å². The van der Waals surface area contributed by atoms with Crippen LogP contribution in [-0.4, -0.2) is 55.0 Å². The maximum atomic E-state index is 13.0. The van der Waals surface area contributed by atoms with Gasteiger partial charge < -0.3 is 15.2 Å². The van der Waals surface area contributed by atoms with E-state index in [4.69, 9.17) is 9.84 Å². The number of benzene rings is 1. The number of aromatic carboxylic acids is 1.